The van der Waals surface area contributed by atoms with E-state index >= 15 is 0 Å². The second-order valence-corrected chi connectivity index (χ2v) is 6.12. The van der Waals surface area contributed by atoms with Crippen molar-refractivity contribution in [2.75, 3.05) is 26.7 Å². The molecule has 1 aliphatic rings. The van der Waals surface area contributed by atoms with Gasteiger partial charge in [0.2, 0.25) is 5.91 Å². The number of nitrogens with zero attached hydrogens (tertiary/aromatic N) is 1. The molecule has 0 spiro atoms. The number of aliphatic hydroxyl groups is 1. The predicted octanol–water partition coefficient (Wildman–Crippen LogP) is 1.78. The van der Waals surface area contributed by atoms with Crippen LogP contribution in [0.15, 0.2) is 0 Å². The Bertz CT molecular complexity index is 275. The van der Waals surface area contributed by atoms with E-state index in [4.69, 9.17) is 0 Å². The Morgan fingerprint density at radius 2 is 2.00 bits per heavy atom. The third kappa shape index (κ3) is 5.91. The maximum Gasteiger partial charge on any atom is 0.222 e. The normalized spacial score (nSPS) is 20.7. The standard InChI is InChI=1S/C15H30N2O2/c1-4-7-15(19,8-5-2)10-14(18)16-11-13-6-9-17(3)12-13/h13,19H,4-12H2,1-3H3,(H,16,18). The van der Waals surface area contributed by atoms with E-state index in [2.05, 4.69) is 17.3 Å². The van der Waals surface area contributed by atoms with Gasteiger partial charge in [0.1, 0.15) is 0 Å². The molecule has 1 amide bonds. The Morgan fingerprint density at radius 3 is 2.47 bits per heavy atom. The molecule has 2 N–H and O–H groups in total. The van der Waals surface area contributed by atoms with Gasteiger partial charge in [-0.3, -0.25) is 4.79 Å². The van der Waals surface area contributed by atoms with Crippen LogP contribution < -0.4 is 5.32 Å². The van der Waals surface area contributed by atoms with Crippen molar-refractivity contribution in [2.24, 2.45) is 5.92 Å². The second-order valence-electron chi connectivity index (χ2n) is 6.12. The summed E-state index contributed by atoms with van der Waals surface area (Å²) in [5.41, 5.74) is -0.806. The zero-order valence-corrected chi connectivity index (χ0v) is 12.7. The SMILES string of the molecule is CCCC(O)(CCC)CC(=O)NCC1CCN(C)C1. The van der Waals surface area contributed by atoms with Crippen LogP contribution in [0.2, 0.25) is 0 Å². The van der Waals surface area contributed by atoms with Gasteiger partial charge in [-0.05, 0) is 38.8 Å². The van der Waals surface area contributed by atoms with Crippen molar-refractivity contribution in [3.8, 4) is 0 Å². The number of carbonyl (C=O) groups is 1. The Morgan fingerprint density at radius 1 is 1.37 bits per heavy atom. The molecule has 4 nitrogen and oxygen atoms in total. The van der Waals surface area contributed by atoms with E-state index in [-0.39, 0.29) is 12.3 Å². The van der Waals surface area contributed by atoms with Gasteiger partial charge in [-0.25, -0.2) is 0 Å². The van der Waals surface area contributed by atoms with Gasteiger partial charge in [0, 0.05) is 13.1 Å². The van der Waals surface area contributed by atoms with Gasteiger partial charge < -0.3 is 15.3 Å². The molecule has 19 heavy (non-hydrogen) atoms. The van der Waals surface area contributed by atoms with Crippen molar-refractivity contribution in [1.82, 2.24) is 10.2 Å². The summed E-state index contributed by atoms with van der Waals surface area (Å²) >= 11 is 0. The van der Waals surface area contributed by atoms with Gasteiger partial charge in [-0.1, -0.05) is 26.7 Å². The molecule has 1 unspecified atom stereocenters. The molecule has 0 aromatic rings. The van der Waals surface area contributed by atoms with Crippen LogP contribution in [0.5, 0.6) is 0 Å². The third-order valence-corrected chi connectivity index (χ3v) is 4.00. The second kappa shape index (κ2) is 7.85. The van der Waals surface area contributed by atoms with Crippen LogP contribution in [-0.2, 0) is 4.79 Å². The lowest BCUT2D eigenvalue weighted by Gasteiger charge is -2.27. The average molecular weight is 270 g/mol. The fraction of sp³-hybridized carbons (Fsp3) is 0.933. The molecule has 4 heteroatoms. The molecule has 1 rings (SSSR count). The van der Waals surface area contributed by atoms with E-state index in [1.54, 1.807) is 0 Å². The summed E-state index contributed by atoms with van der Waals surface area (Å²) in [7, 11) is 2.11. The van der Waals surface area contributed by atoms with Gasteiger partial charge >= 0.3 is 0 Å². The minimum atomic E-state index is -0.806. The minimum absolute atomic E-state index is 0.000969. The first kappa shape index (κ1) is 16.4. The lowest BCUT2D eigenvalue weighted by atomic mass is 9.89. The first-order valence-corrected chi connectivity index (χ1v) is 7.66. The molecule has 1 fully saturated rings. The average Bonchev–Trinajstić information content (AvgIpc) is 2.73. The predicted molar refractivity (Wildman–Crippen MR) is 78.0 cm³/mol. The van der Waals surface area contributed by atoms with Crippen molar-refractivity contribution in [2.45, 2.75) is 58.0 Å². The lowest BCUT2D eigenvalue weighted by molar-refractivity contribution is -0.126. The molecule has 112 valence electrons. The fourth-order valence-electron chi connectivity index (χ4n) is 3.04. The van der Waals surface area contributed by atoms with Crippen LogP contribution in [-0.4, -0.2) is 48.2 Å². The van der Waals surface area contributed by atoms with E-state index in [1.807, 2.05) is 13.8 Å². The summed E-state index contributed by atoms with van der Waals surface area (Å²) in [4.78, 5) is 14.3. The highest BCUT2D eigenvalue weighted by atomic mass is 16.3. The van der Waals surface area contributed by atoms with Crippen LogP contribution >= 0.6 is 0 Å². The van der Waals surface area contributed by atoms with Gasteiger partial charge in [0.05, 0.1) is 12.0 Å². The van der Waals surface area contributed by atoms with Gasteiger partial charge in [0.15, 0.2) is 0 Å². The zero-order valence-electron chi connectivity index (χ0n) is 12.7. The van der Waals surface area contributed by atoms with E-state index in [9.17, 15) is 9.90 Å². The largest absolute Gasteiger partial charge is 0.389 e. The summed E-state index contributed by atoms with van der Waals surface area (Å²) in [6.45, 7) is 7.03. The lowest BCUT2D eigenvalue weighted by Crippen LogP contribution is -2.38. The number of rotatable bonds is 8. The van der Waals surface area contributed by atoms with Crippen molar-refractivity contribution in [3.05, 3.63) is 0 Å². The highest BCUT2D eigenvalue weighted by Crippen LogP contribution is 2.23. The van der Waals surface area contributed by atoms with Crippen molar-refractivity contribution in [1.29, 1.82) is 0 Å². The van der Waals surface area contributed by atoms with E-state index in [0.717, 1.165) is 38.9 Å². The highest BCUT2D eigenvalue weighted by Gasteiger charge is 2.28. The number of amides is 1. The topological polar surface area (TPSA) is 52.6 Å². The quantitative estimate of drug-likeness (QED) is 0.707. The summed E-state index contributed by atoms with van der Waals surface area (Å²) in [6.07, 6.45) is 4.65. The number of likely N-dealkylation sites (tertiary alicyclic amines) is 1. The van der Waals surface area contributed by atoms with Crippen molar-refractivity contribution in [3.63, 3.8) is 0 Å². The highest BCUT2D eigenvalue weighted by molar-refractivity contribution is 5.77. The third-order valence-electron chi connectivity index (χ3n) is 4.00. The van der Waals surface area contributed by atoms with E-state index in [1.165, 1.54) is 0 Å². The molecule has 0 bridgehead atoms. The smallest absolute Gasteiger partial charge is 0.222 e. The molecule has 1 aliphatic heterocycles. The molecule has 0 radical (unpaired) electrons. The van der Waals surface area contributed by atoms with Crippen molar-refractivity contribution >= 4 is 5.91 Å². The summed E-state index contributed by atoms with van der Waals surface area (Å²) in [5, 5.41) is 13.4. The van der Waals surface area contributed by atoms with Gasteiger partial charge in [0.25, 0.3) is 0 Å². The Labute approximate surface area is 117 Å². The molecule has 0 aliphatic carbocycles. The molecule has 0 aromatic heterocycles. The van der Waals surface area contributed by atoms with Crippen molar-refractivity contribution < 1.29 is 9.90 Å². The molecule has 1 saturated heterocycles. The number of carbonyl (C=O) groups excluding carboxylic acids is 1. The summed E-state index contributed by atoms with van der Waals surface area (Å²) in [6, 6.07) is 0. The van der Waals surface area contributed by atoms with E-state index < -0.39 is 5.60 Å². The molecule has 1 heterocycles. The van der Waals surface area contributed by atoms with Crippen LogP contribution in [0.1, 0.15) is 52.4 Å². The van der Waals surface area contributed by atoms with Crippen LogP contribution in [0.3, 0.4) is 0 Å². The maximum atomic E-state index is 12.0. The summed E-state index contributed by atoms with van der Waals surface area (Å²) < 4.78 is 0. The van der Waals surface area contributed by atoms with Gasteiger partial charge in [-0.2, -0.15) is 0 Å². The first-order chi connectivity index (χ1) is 8.99. The monoisotopic (exact) mass is 270 g/mol. The van der Waals surface area contributed by atoms with Crippen LogP contribution in [0.4, 0.5) is 0 Å². The van der Waals surface area contributed by atoms with Crippen LogP contribution in [0.25, 0.3) is 0 Å². The minimum Gasteiger partial charge on any atom is -0.389 e. The summed E-state index contributed by atoms with van der Waals surface area (Å²) in [5.74, 6) is 0.568. The Hall–Kier alpha value is -0.610. The number of nitrogens with one attached hydrogen (secondary N) is 1. The molecular formula is C15H30N2O2. The number of hydrogen-bond donors (Lipinski definition) is 2. The van der Waals surface area contributed by atoms with Crippen LogP contribution in [0, 0.1) is 5.92 Å². The van der Waals surface area contributed by atoms with E-state index in [0.29, 0.717) is 18.8 Å². The fourth-order valence-corrected chi connectivity index (χ4v) is 3.04. The molecular weight excluding hydrogens is 240 g/mol. The first-order valence-electron chi connectivity index (χ1n) is 7.66. The van der Waals surface area contributed by atoms with Gasteiger partial charge in [-0.15, -0.1) is 0 Å². The Kier molecular flexibility index (Phi) is 6.80. The molecule has 0 aromatic carbocycles. The number of hydrogen-bond acceptors (Lipinski definition) is 3. The molecule has 1 atom stereocenters. The Balaban J connectivity index is 2.31. The maximum absolute atomic E-state index is 12.0. The molecule has 0 saturated carbocycles. The zero-order chi connectivity index (χ0) is 14.3.